The Morgan fingerprint density at radius 2 is 1.83 bits per heavy atom. The van der Waals surface area contributed by atoms with Crippen LogP contribution in [0.5, 0.6) is 0 Å². The van der Waals surface area contributed by atoms with Crippen LogP contribution in [0.15, 0.2) is 60.8 Å². The number of carbonyl (C=O) groups is 2. The maximum atomic E-state index is 12.8. The fourth-order valence-corrected chi connectivity index (χ4v) is 2.95. The van der Waals surface area contributed by atoms with Crippen molar-refractivity contribution < 1.29 is 14.7 Å². The summed E-state index contributed by atoms with van der Waals surface area (Å²) in [6.45, 7) is 1.75. The number of amides is 1. The van der Waals surface area contributed by atoms with Crippen LogP contribution >= 0.6 is 0 Å². The molecule has 0 unspecified atom stereocenters. The average Bonchev–Trinajstić information content (AvgIpc) is 3.08. The Morgan fingerprint density at radius 1 is 1.08 bits per heavy atom. The second-order valence-electron chi connectivity index (χ2n) is 5.63. The summed E-state index contributed by atoms with van der Waals surface area (Å²) in [5.41, 5.74) is 0.200. The molecule has 1 aromatic heterocycles. The topological polar surface area (TPSA) is 82.2 Å². The van der Waals surface area contributed by atoms with Crippen LogP contribution in [0.2, 0.25) is 0 Å². The van der Waals surface area contributed by atoms with Crippen molar-refractivity contribution in [1.82, 2.24) is 10.3 Å². The summed E-state index contributed by atoms with van der Waals surface area (Å²) < 4.78 is 0. The van der Waals surface area contributed by atoms with Crippen molar-refractivity contribution in [2.75, 3.05) is 0 Å². The van der Waals surface area contributed by atoms with Gasteiger partial charge in [-0.3, -0.25) is 4.79 Å². The lowest BCUT2D eigenvalue weighted by atomic mass is 9.86. The molecule has 3 rings (SSSR count). The van der Waals surface area contributed by atoms with Gasteiger partial charge in [0.15, 0.2) is 5.54 Å². The largest absolute Gasteiger partial charge is 0.479 e. The first-order valence-electron chi connectivity index (χ1n) is 7.76. The summed E-state index contributed by atoms with van der Waals surface area (Å²) >= 11 is 0. The Bertz CT molecular complexity index is 886. The molecule has 0 saturated carbocycles. The van der Waals surface area contributed by atoms with Crippen molar-refractivity contribution in [3.8, 4) is 0 Å². The van der Waals surface area contributed by atoms with Gasteiger partial charge in [-0.05, 0) is 24.1 Å². The molecule has 3 aromatic rings. The first-order chi connectivity index (χ1) is 11.6. The van der Waals surface area contributed by atoms with Crippen molar-refractivity contribution >= 4 is 22.8 Å². The Morgan fingerprint density at radius 3 is 2.50 bits per heavy atom. The number of para-hydroxylation sites is 1. The number of carboxylic acid groups (broad SMARTS) is 1. The second kappa shape index (κ2) is 6.20. The number of aromatic amines is 1. The van der Waals surface area contributed by atoms with Crippen molar-refractivity contribution in [3.63, 3.8) is 0 Å². The van der Waals surface area contributed by atoms with Gasteiger partial charge in [0, 0.05) is 11.6 Å². The third kappa shape index (κ3) is 2.54. The van der Waals surface area contributed by atoms with Crippen molar-refractivity contribution in [1.29, 1.82) is 0 Å². The summed E-state index contributed by atoms with van der Waals surface area (Å²) in [7, 11) is 0. The average molecular weight is 322 g/mol. The van der Waals surface area contributed by atoms with E-state index >= 15 is 0 Å². The van der Waals surface area contributed by atoms with Gasteiger partial charge in [0.2, 0.25) is 0 Å². The normalized spacial score (nSPS) is 13.4. The van der Waals surface area contributed by atoms with Gasteiger partial charge in [-0.1, -0.05) is 49.4 Å². The summed E-state index contributed by atoms with van der Waals surface area (Å²) in [5.74, 6) is -1.50. The Kier molecular flexibility index (Phi) is 4.08. The zero-order valence-corrected chi connectivity index (χ0v) is 13.2. The number of H-pyrrole nitrogens is 1. The lowest BCUT2D eigenvalue weighted by molar-refractivity contribution is -0.145. The minimum absolute atomic E-state index is 0.235. The minimum Gasteiger partial charge on any atom is -0.479 e. The van der Waals surface area contributed by atoms with Gasteiger partial charge in [0.1, 0.15) is 0 Å². The number of carbonyl (C=O) groups excluding carboxylic acids is 1. The fourth-order valence-electron chi connectivity index (χ4n) is 2.95. The monoisotopic (exact) mass is 322 g/mol. The van der Waals surface area contributed by atoms with E-state index in [2.05, 4.69) is 10.3 Å². The minimum atomic E-state index is -1.47. The first-order valence-corrected chi connectivity index (χ1v) is 7.76. The molecule has 0 radical (unpaired) electrons. The molecular weight excluding hydrogens is 304 g/mol. The molecule has 0 spiro atoms. The molecule has 122 valence electrons. The van der Waals surface area contributed by atoms with Crippen LogP contribution in [0.4, 0.5) is 0 Å². The summed E-state index contributed by atoms with van der Waals surface area (Å²) in [5, 5.41) is 13.5. The van der Waals surface area contributed by atoms with Gasteiger partial charge in [-0.15, -0.1) is 0 Å². The van der Waals surface area contributed by atoms with Crippen molar-refractivity contribution in [2.24, 2.45) is 0 Å². The van der Waals surface area contributed by atoms with Gasteiger partial charge in [0.05, 0.1) is 11.1 Å². The SMILES string of the molecule is CC[C@](NC(=O)c1cccc2cc[nH]c12)(C(=O)O)c1ccccc1. The van der Waals surface area contributed by atoms with E-state index in [9.17, 15) is 14.7 Å². The number of aromatic nitrogens is 1. The number of hydrogen-bond acceptors (Lipinski definition) is 2. The smallest absolute Gasteiger partial charge is 0.334 e. The molecular formula is C19H18N2O3. The van der Waals surface area contributed by atoms with Gasteiger partial charge in [-0.25, -0.2) is 4.79 Å². The predicted molar refractivity (Wildman–Crippen MR) is 91.8 cm³/mol. The van der Waals surface area contributed by atoms with Gasteiger partial charge >= 0.3 is 5.97 Å². The Labute approximate surface area is 139 Å². The Balaban J connectivity index is 2.03. The predicted octanol–water partition coefficient (Wildman–Crippen LogP) is 3.29. The van der Waals surface area contributed by atoms with E-state index in [4.69, 9.17) is 0 Å². The standard InChI is InChI=1S/C19H18N2O3/c1-2-19(18(23)24,14-8-4-3-5-9-14)21-17(22)15-10-6-7-13-11-12-20-16(13)15/h3-12,20H,2H2,1H3,(H,21,22)(H,23,24)/t19-/m1/s1. The highest BCUT2D eigenvalue weighted by atomic mass is 16.4. The van der Waals surface area contributed by atoms with Crippen LogP contribution in [0.25, 0.3) is 10.9 Å². The number of nitrogens with one attached hydrogen (secondary N) is 2. The van der Waals surface area contributed by atoms with Crippen molar-refractivity contribution in [2.45, 2.75) is 18.9 Å². The van der Waals surface area contributed by atoms with Gasteiger partial charge < -0.3 is 15.4 Å². The van der Waals surface area contributed by atoms with E-state index < -0.39 is 17.4 Å². The van der Waals surface area contributed by atoms with Crippen LogP contribution < -0.4 is 5.32 Å². The highest BCUT2D eigenvalue weighted by molar-refractivity contribution is 6.07. The van der Waals surface area contributed by atoms with E-state index in [1.54, 1.807) is 49.5 Å². The van der Waals surface area contributed by atoms with E-state index in [0.717, 1.165) is 5.39 Å². The highest BCUT2D eigenvalue weighted by Crippen LogP contribution is 2.27. The first kappa shape index (κ1) is 15.8. The van der Waals surface area contributed by atoms with Crippen LogP contribution in [0.1, 0.15) is 29.3 Å². The molecule has 0 saturated heterocycles. The summed E-state index contributed by atoms with van der Waals surface area (Å²) in [6, 6.07) is 16.0. The molecule has 3 N–H and O–H groups in total. The van der Waals surface area contributed by atoms with E-state index in [1.165, 1.54) is 0 Å². The molecule has 1 atom stereocenters. The molecule has 24 heavy (non-hydrogen) atoms. The molecule has 2 aromatic carbocycles. The maximum Gasteiger partial charge on any atom is 0.334 e. The number of carboxylic acids is 1. The molecule has 0 aliphatic rings. The number of hydrogen-bond donors (Lipinski definition) is 3. The lowest BCUT2D eigenvalue weighted by Gasteiger charge is -2.30. The lowest BCUT2D eigenvalue weighted by Crippen LogP contribution is -2.51. The maximum absolute atomic E-state index is 12.8. The number of rotatable bonds is 5. The molecule has 0 fully saturated rings. The molecule has 1 amide bonds. The number of aliphatic carboxylic acids is 1. The summed E-state index contributed by atoms with van der Waals surface area (Å²) in [6.07, 6.45) is 1.99. The Hall–Kier alpha value is -3.08. The molecule has 0 aliphatic carbocycles. The van der Waals surface area contributed by atoms with E-state index in [1.807, 2.05) is 18.2 Å². The number of benzene rings is 2. The molecule has 1 heterocycles. The van der Waals surface area contributed by atoms with Gasteiger partial charge in [0.25, 0.3) is 5.91 Å². The quantitative estimate of drug-likeness (QED) is 0.674. The van der Waals surface area contributed by atoms with Crippen LogP contribution in [-0.2, 0) is 10.3 Å². The van der Waals surface area contributed by atoms with E-state index in [-0.39, 0.29) is 6.42 Å². The van der Waals surface area contributed by atoms with E-state index in [0.29, 0.717) is 16.6 Å². The molecule has 5 heteroatoms. The molecule has 5 nitrogen and oxygen atoms in total. The zero-order valence-electron chi connectivity index (χ0n) is 13.2. The molecule has 0 bridgehead atoms. The third-order valence-corrected chi connectivity index (χ3v) is 4.32. The van der Waals surface area contributed by atoms with Gasteiger partial charge in [-0.2, -0.15) is 0 Å². The zero-order chi connectivity index (χ0) is 17.2. The summed E-state index contributed by atoms with van der Waals surface area (Å²) in [4.78, 5) is 27.9. The van der Waals surface area contributed by atoms with Crippen molar-refractivity contribution in [3.05, 3.63) is 71.9 Å². The highest BCUT2D eigenvalue weighted by Gasteiger charge is 2.40. The fraction of sp³-hybridized carbons (Fsp3) is 0.158. The van der Waals surface area contributed by atoms with Crippen LogP contribution in [-0.4, -0.2) is 22.0 Å². The van der Waals surface area contributed by atoms with Crippen LogP contribution in [0.3, 0.4) is 0 Å². The third-order valence-electron chi connectivity index (χ3n) is 4.32. The number of fused-ring (bicyclic) bond motifs is 1. The second-order valence-corrected chi connectivity index (χ2v) is 5.63. The van der Waals surface area contributed by atoms with Crippen LogP contribution in [0, 0.1) is 0 Å². The molecule has 0 aliphatic heterocycles.